The smallest absolute Gasteiger partial charge is 0.242 e. The number of benzene rings is 2. The number of nitrogens with zero attached hydrogens (tertiary/aromatic N) is 1. The molecule has 2 aromatic rings. The number of rotatable bonds is 7. The van der Waals surface area contributed by atoms with Gasteiger partial charge in [-0.25, -0.2) is 13.1 Å². The van der Waals surface area contributed by atoms with Crippen LogP contribution in [0.15, 0.2) is 51.8 Å². The molecule has 0 saturated carbocycles. The van der Waals surface area contributed by atoms with Crippen LogP contribution in [0.2, 0.25) is 0 Å². The Kier molecular flexibility index (Phi) is 6.41. The number of nitrogens with one attached hydrogen (secondary N) is 1. The van der Waals surface area contributed by atoms with Gasteiger partial charge < -0.3 is 9.47 Å². The lowest BCUT2D eigenvalue weighted by Crippen LogP contribution is -2.37. The monoisotopic (exact) mass is 454 g/mol. The standard InChI is InChI=1S/C19H23BrN2O4S/c1-25-17-10-16(20)19(11-18(17)26-2)27(23,24)21-15-8-9-22(13-15)12-14-6-4-3-5-7-14/h3-7,10-11,15,21H,8-9,12-13H2,1-2H3. The minimum atomic E-state index is -3.69. The molecule has 8 heteroatoms. The van der Waals surface area contributed by atoms with Crippen LogP contribution in [0.25, 0.3) is 0 Å². The van der Waals surface area contributed by atoms with Gasteiger partial charge in [0.15, 0.2) is 11.5 Å². The molecule has 3 rings (SSSR count). The molecule has 1 N–H and O–H groups in total. The first kappa shape index (κ1) is 20.1. The van der Waals surface area contributed by atoms with Crippen LogP contribution in [-0.4, -0.2) is 46.7 Å². The summed E-state index contributed by atoms with van der Waals surface area (Å²) in [5, 5.41) is 0. The van der Waals surface area contributed by atoms with Crippen LogP contribution in [0.3, 0.4) is 0 Å². The highest BCUT2D eigenvalue weighted by molar-refractivity contribution is 9.10. The Hall–Kier alpha value is -1.61. The van der Waals surface area contributed by atoms with Crippen LogP contribution >= 0.6 is 15.9 Å². The average Bonchev–Trinajstić information content (AvgIpc) is 3.08. The van der Waals surface area contributed by atoms with Crippen molar-refractivity contribution in [3.8, 4) is 11.5 Å². The molecule has 0 aliphatic carbocycles. The van der Waals surface area contributed by atoms with E-state index in [-0.39, 0.29) is 10.9 Å². The Balaban J connectivity index is 1.70. The number of likely N-dealkylation sites (tertiary alicyclic amines) is 1. The highest BCUT2D eigenvalue weighted by atomic mass is 79.9. The van der Waals surface area contributed by atoms with Crippen molar-refractivity contribution in [2.45, 2.75) is 23.9 Å². The third-order valence-electron chi connectivity index (χ3n) is 4.57. The second-order valence-electron chi connectivity index (χ2n) is 6.47. The lowest BCUT2D eigenvalue weighted by Gasteiger charge is -2.18. The fraction of sp³-hybridized carbons (Fsp3) is 0.368. The van der Waals surface area contributed by atoms with Crippen LogP contribution < -0.4 is 14.2 Å². The Bertz CT molecular complexity index is 890. The number of hydrogen-bond donors (Lipinski definition) is 1. The molecule has 0 amide bonds. The van der Waals surface area contributed by atoms with Crippen LogP contribution in [0.1, 0.15) is 12.0 Å². The van der Waals surface area contributed by atoms with Gasteiger partial charge in [-0.3, -0.25) is 4.90 Å². The molecule has 6 nitrogen and oxygen atoms in total. The molecular weight excluding hydrogens is 432 g/mol. The van der Waals surface area contributed by atoms with Crippen molar-refractivity contribution >= 4 is 26.0 Å². The van der Waals surface area contributed by atoms with Crippen LogP contribution in [0.5, 0.6) is 11.5 Å². The van der Waals surface area contributed by atoms with Crippen molar-refractivity contribution in [2.75, 3.05) is 27.3 Å². The first-order valence-electron chi connectivity index (χ1n) is 8.63. The molecule has 1 saturated heterocycles. The van der Waals surface area contributed by atoms with Crippen molar-refractivity contribution in [3.63, 3.8) is 0 Å². The van der Waals surface area contributed by atoms with Crippen LogP contribution in [0.4, 0.5) is 0 Å². The Labute approximate surface area is 168 Å². The highest BCUT2D eigenvalue weighted by Crippen LogP contribution is 2.35. The van der Waals surface area contributed by atoms with E-state index in [2.05, 4.69) is 37.7 Å². The second-order valence-corrected chi connectivity index (χ2v) is 9.00. The van der Waals surface area contributed by atoms with Gasteiger partial charge in [-0.1, -0.05) is 30.3 Å². The normalized spacial score (nSPS) is 17.8. The summed E-state index contributed by atoms with van der Waals surface area (Å²) in [6, 6.07) is 13.1. The fourth-order valence-electron chi connectivity index (χ4n) is 3.24. The zero-order valence-corrected chi connectivity index (χ0v) is 17.7. The SMILES string of the molecule is COc1cc(Br)c(S(=O)(=O)NC2CCN(Cc3ccccc3)C2)cc1OC. The second kappa shape index (κ2) is 8.60. The van der Waals surface area contributed by atoms with Crippen molar-refractivity contribution in [3.05, 3.63) is 52.5 Å². The minimum absolute atomic E-state index is 0.126. The molecule has 27 heavy (non-hydrogen) atoms. The van der Waals surface area contributed by atoms with Crippen molar-refractivity contribution in [2.24, 2.45) is 0 Å². The molecule has 146 valence electrons. The average molecular weight is 455 g/mol. The molecule has 0 aromatic heterocycles. The maximum atomic E-state index is 12.9. The molecule has 1 aliphatic heterocycles. The van der Waals surface area contributed by atoms with Crippen molar-refractivity contribution in [1.82, 2.24) is 9.62 Å². The largest absolute Gasteiger partial charge is 0.493 e. The lowest BCUT2D eigenvalue weighted by molar-refractivity contribution is 0.324. The number of hydrogen-bond acceptors (Lipinski definition) is 5. The molecule has 1 atom stereocenters. The van der Waals surface area contributed by atoms with Crippen LogP contribution in [0, 0.1) is 0 Å². The molecule has 1 aliphatic rings. The van der Waals surface area contributed by atoms with E-state index in [1.807, 2.05) is 18.2 Å². The maximum absolute atomic E-state index is 12.9. The predicted octanol–water partition coefficient (Wildman–Crippen LogP) is 3.02. The summed E-state index contributed by atoms with van der Waals surface area (Å²) in [7, 11) is -0.697. The number of sulfonamides is 1. The summed E-state index contributed by atoms with van der Waals surface area (Å²) in [5.74, 6) is 0.844. The van der Waals surface area contributed by atoms with Gasteiger partial charge >= 0.3 is 0 Å². The number of halogens is 1. The summed E-state index contributed by atoms with van der Waals surface area (Å²) in [5.41, 5.74) is 1.23. The summed E-state index contributed by atoms with van der Waals surface area (Å²) in [6.45, 7) is 2.35. The van der Waals surface area contributed by atoms with E-state index in [4.69, 9.17) is 9.47 Å². The van der Waals surface area contributed by atoms with Gasteiger partial charge in [0, 0.05) is 36.2 Å². The summed E-state index contributed by atoms with van der Waals surface area (Å²) < 4.78 is 39.5. The molecule has 1 fully saturated rings. The number of ether oxygens (including phenoxy) is 2. The molecular formula is C19H23BrN2O4S. The zero-order valence-electron chi connectivity index (χ0n) is 15.3. The molecule has 1 heterocycles. The maximum Gasteiger partial charge on any atom is 0.242 e. The van der Waals surface area contributed by atoms with Gasteiger partial charge in [0.25, 0.3) is 0 Å². The minimum Gasteiger partial charge on any atom is -0.493 e. The van der Waals surface area contributed by atoms with Crippen molar-refractivity contribution < 1.29 is 17.9 Å². The van der Waals surface area contributed by atoms with E-state index in [0.717, 1.165) is 19.5 Å². The first-order valence-corrected chi connectivity index (χ1v) is 10.9. The van der Waals surface area contributed by atoms with Gasteiger partial charge in [-0.15, -0.1) is 0 Å². The summed E-state index contributed by atoms with van der Waals surface area (Å²) in [6.07, 6.45) is 0.775. The van der Waals surface area contributed by atoms with Gasteiger partial charge in [-0.05, 0) is 34.0 Å². The summed E-state index contributed by atoms with van der Waals surface area (Å²) >= 11 is 3.33. The van der Waals surface area contributed by atoms with Gasteiger partial charge in [0.1, 0.15) is 4.90 Å². The quantitative estimate of drug-likeness (QED) is 0.696. The third kappa shape index (κ3) is 4.82. The van der Waals surface area contributed by atoms with Gasteiger partial charge in [0.2, 0.25) is 10.0 Å². The zero-order chi connectivity index (χ0) is 19.4. The molecule has 0 bridgehead atoms. The van der Waals surface area contributed by atoms with E-state index in [0.29, 0.717) is 22.5 Å². The molecule has 0 spiro atoms. The summed E-state index contributed by atoms with van der Waals surface area (Å²) in [4.78, 5) is 2.40. The Morgan fingerprint density at radius 1 is 1.15 bits per heavy atom. The Morgan fingerprint density at radius 3 is 2.48 bits per heavy atom. The van der Waals surface area contributed by atoms with Gasteiger partial charge in [-0.2, -0.15) is 0 Å². The highest BCUT2D eigenvalue weighted by Gasteiger charge is 2.29. The van der Waals surface area contributed by atoms with E-state index in [1.165, 1.54) is 25.8 Å². The van der Waals surface area contributed by atoms with Gasteiger partial charge in [0.05, 0.1) is 14.2 Å². The lowest BCUT2D eigenvalue weighted by atomic mass is 10.2. The number of methoxy groups -OCH3 is 2. The van der Waals surface area contributed by atoms with E-state index in [9.17, 15) is 8.42 Å². The topological polar surface area (TPSA) is 67.9 Å². The third-order valence-corrected chi connectivity index (χ3v) is 7.05. The molecule has 0 radical (unpaired) electrons. The van der Waals surface area contributed by atoms with Crippen molar-refractivity contribution in [1.29, 1.82) is 0 Å². The van der Waals surface area contributed by atoms with E-state index >= 15 is 0 Å². The van der Waals surface area contributed by atoms with E-state index < -0.39 is 10.0 Å². The Morgan fingerprint density at radius 2 is 1.81 bits per heavy atom. The first-order chi connectivity index (χ1) is 12.9. The van der Waals surface area contributed by atoms with E-state index in [1.54, 1.807) is 6.07 Å². The molecule has 2 aromatic carbocycles. The van der Waals surface area contributed by atoms with Crippen LogP contribution in [-0.2, 0) is 16.6 Å². The predicted molar refractivity (Wildman–Crippen MR) is 108 cm³/mol. The fourth-order valence-corrected chi connectivity index (χ4v) is 5.54. The molecule has 1 unspecified atom stereocenters.